The highest BCUT2D eigenvalue weighted by molar-refractivity contribution is 7.99. The lowest BCUT2D eigenvalue weighted by Crippen LogP contribution is -2.47. The minimum absolute atomic E-state index is 0.105. The molecule has 11 heteroatoms. The molecule has 8 nitrogen and oxygen atoms in total. The van der Waals surface area contributed by atoms with Crippen LogP contribution in [-0.2, 0) is 10.0 Å². The van der Waals surface area contributed by atoms with Crippen molar-refractivity contribution >= 4 is 33.2 Å². The molecule has 0 bridgehead atoms. The van der Waals surface area contributed by atoms with Crippen molar-refractivity contribution in [2.24, 2.45) is 5.92 Å². The lowest BCUT2D eigenvalue weighted by atomic mass is 9.95. The molecule has 0 aliphatic carbocycles. The Hall–Kier alpha value is -2.21. The Kier molecular flexibility index (Phi) is 7.02. The SMILES string of the molecule is O=[N+]([O-])c1ccc(S(=O)(=O)N2CCC(CN3CCC(N4CSc5cc(F)ccc54)CC3)CC2)cc1. The van der Waals surface area contributed by atoms with Crippen molar-refractivity contribution in [1.82, 2.24) is 9.21 Å². The summed E-state index contributed by atoms with van der Waals surface area (Å²) < 4.78 is 40.9. The predicted molar refractivity (Wildman–Crippen MR) is 134 cm³/mol. The molecule has 5 rings (SSSR count). The summed E-state index contributed by atoms with van der Waals surface area (Å²) in [5.74, 6) is 1.16. The first-order valence-corrected chi connectivity index (χ1v) is 14.4. The molecule has 0 amide bonds. The number of thioether (sulfide) groups is 1. The molecule has 2 aromatic carbocycles. The molecule has 3 aliphatic heterocycles. The average Bonchev–Trinajstić information content (AvgIpc) is 3.28. The summed E-state index contributed by atoms with van der Waals surface area (Å²) in [5.41, 5.74) is 1.03. The van der Waals surface area contributed by atoms with Crippen molar-refractivity contribution in [3.8, 4) is 0 Å². The van der Waals surface area contributed by atoms with Crippen molar-refractivity contribution < 1.29 is 17.7 Å². The van der Waals surface area contributed by atoms with Gasteiger partial charge in [-0.3, -0.25) is 10.1 Å². The van der Waals surface area contributed by atoms with Gasteiger partial charge in [-0.05, 0) is 61.9 Å². The van der Waals surface area contributed by atoms with Crippen LogP contribution >= 0.6 is 11.8 Å². The van der Waals surface area contributed by atoms with Gasteiger partial charge in [0.1, 0.15) is 5.82 Å². The zero-order chi connectivity index (χ0) is 24.6. The largest absolute Gasteiger partial charge is 0.358 e. The number of non-ortho nitro benzene ring substituents is 1. The number of nitro groups is 1. The number of piperidine rings is 2. The molecule has 0 radical (unpaired) electrons. The first-order valence-electron chi connectivity index (χ1n) is 12.0. The van der Waals surface area contributed by atoms with Crippen LogP contribution in [0.3, 0.4) is 0 Å². The Morgan fingerprint density at radius 2 is 1.69 bits per heavy atom. The van der Waals surface area contributed by atoms with Crippen LogP contribution in [0.15, 0.2) is 52.3 Å². The van der Waals surface area contributed by atoms with Crippen molar-refractivity contribution in [2.45, 2.75) is 41.5 Å². The van der Waals surface area contributed by atoms with E-state index in [0.29, 0.717) is 25.0 Å². The maximum Gasteiger partial charge on any atom is 0.269 e. The third kappa shape index (κ3) is 5.18. The van der Waals surface area contributed by atoms with E-state index in [0.717, 1.165) is 61.8 Å². The van der Waals surface area contributed by atoms with E-state index < -0.39 is 14.9 Å². The Bertz CT molecular complexity index is 1180. The summed E-state index contributed by atoms with van der Waals surface area (Å²) in [4.78, 5) is 16.3. The van der Waals surface area contributed by atoms with Gasteiger partial charge in [-0.2, -0.15) is 4.31 Å². The van der Waals surface area contributed by atoms with Gasteiger partial charge in [0.05, 0.1) is 21.4 Å². The number of hydrogen-bond acceptors (Lipinski definition) is 7. The average molecular weight is 521 g/mol. The second-order valence-electron chi connectivity index (χ2n) is 9.49. The summed E-state index contributed by atoms with van der Waals surface area (Å²) in [5, 5.41) is 10.8. The van der Waals surface area contributed by atoms with Crippen molar-refractivity contribution in [3.05, 3.63) is 58.4 Å². The Balaban J connectivity index is 1.10. The molecule has 188 valence electrons. The lowest BCUT2D eigenvalue weighted by molar-refractivity contribution is -0.384. The molecule has 0 aromatic heterocycles. The maximum absolute atomic E-state index is 13.5. The number of likely N-dealkylation sites (tertiary alicyclic amines) is 1. The van der Waals surface area contributed by atoms with Crippen LogP contribution < -0.4 is 4.90 Å². The van der Waals surface area contributed by atoms with Crippen LogP contribution in [0.2, 0.25) is 0 Å². The third-order valence-corrected chi connectivity index (χ3v) is 10.3. The first kappa shape index (κ1) is 24.5. The number of rotatable bonds is 6. The van der Waals surface area contributed by atoms with Crippen LogP contribution in [-0.4, -0.2) is 67.2 Å². The fourth-order valence-electron chi connectivity index (χ4n) is 5.35. The summed E-state index contributed by atoms with van der Waals surface area (Å²) in [7, 11) is -3.64. The molecule has 3 heterocycles. The summed E-state index contributed by atoms with van der Waals surface area (Å²) in [6.07, 6.45) is 3.77. The standard InChI is InChI=1S/C24H29FN4O4S2/c25-19-1-6-23-24(15-19)34-17-28(23)20-9-11-26(12-10-20)16-18-7-13-27(14-8-18)35(32,33)22-4-2-21(3-5-22)29(30)31/h1-6,15,18,20H,7-14,16-17H2. The topological polar surface area (TPSA) is 87.0 Å². The number of halogens is 1. The van der Waals surface area contributed by atoms with E-state index in [1.807, 2.05) is 6.07 Å². The summed E-state index contributed by atoms with van der Waals surface area (Å²) in [6.45, 7) is 3.96. The zero-order valence-corrected chi connectivity index (χ0v) is 21.0. The fraction of sp³-hybridized carbons (Fsp3) is 0.500. The number of anilines is 1. The highest BCUT2D eigenvalue weighted by Gasteiger charge is 2.33. The second-order valence-corrected chi connectivity index (χ2v) is 12.4. The van der Waals surface area contributed by atoms with Gasteiger partial charge in [-0.15, -0.1) is 11.8 Å². The number of fused-ring (bicyclic) bond motifs is 1. The summed E-state index contributed by atoms with van der Waals surface area (Å²) >= 11 is 1.70. The van der Waals surface area contributed by atoms with Gasteiger partial charge in [-0.25, -0.2) is 12.8 Å². The predicted octanol–water partition coefficient (Wildman–Crippen LogP) is 4.17. The van der Waals surface area contributed by atoms with E-state index in [4.69, 9.17) is 0 Å². The van der Waals surface area contributed by atoms with Crippen LogP contribution in [0.1, 0.15) is 25.7 Å². The van der Waals surface area contributed by atoms with E-state index >= 15 is 0 Å². The van der Waals surface area contributed by atoms with Crippen molar-refractivity contribution in [2.75, 3.05) is 43.5 Å². The third-order valence-electron chi connectivity index (χ3n) is 7.36. The van der Waals surface area contributed by atoms with Gasteiger partial charge in [0.2, 0.25) is 10.0 Å². The number of sulfonamides is 1. The van der Waals surface area contributed by atoms with Gasteiger partial charge in [0.25, 0.3) is 5.69 Å². The normalized spacial score (nSPS) is 20.8. The first-order chi connectivity index (χ1) is 16.8. The zero-order valence-electron chi connectivity index (χ0n) is 19.4. The van der Waals surface area contributed by atoms with Gasteiger partial charge in [-0.1, -0.05) is 0 Å². The van der Waals surface area contributed by atoms with Crippen molar-refractivity contribution in [1.29, 1.82) is 0 Å². The highest BCUT2D eigenvalue weighted by Crippen LogP contribution is 2.41. The van der Waals surface area contributed by atoms with E-state index in [-0.39, 0.29) is 16.4 Å². The number of nitrogens with zero attached hydrogens (tertiary/aromatic N) is 4. The van der Waals surface area contributed by atoms with Gasteiger partial charge >= 0.3 is 0 Å². The highest BCUT2D eigenvalue weighted by atomic mass is 32.2. The molecule has 2 saturated heterocycles. The van der Waals surface area contributed by atoms with Crippen LogP contribution in [0.25, 0.3) is 0 Å². The number of nitro benzene ring substituents is 1. The Morgan fingerprint density at radius 1 is 1.00 bits per heavy atom. The molecular formula is C24H29FN4O4S2. The van der Waals surface area contributed by atoms with Gasteiger partial charge < -0.3 is 9.80 Å². The Morgan fingerprint density at radius 3 is 2.34 bits per heavy atom. The molecule has 0 unspecified atom stereocenters. The van der Waals surface area contributed by atoms with Crippen LogP contribution in [0.5, 0.6) is 0 Å². The quantitative estimate of drug-likeness (QED) is 0.417. The van der Waals surface area contributed by atoms with E-state index in [1.165, 1.54) is 28.6 Å². The number of benzene rings is 2. The maximum atomic E-state index is 13.5. The molecule has 0 atom stereocenters. The van der Waals surface area contributed by atoms with E-state index in [9.17, 15) is 22.9 Å². The molecular weight excluding hydrogens is 491 g/mol. The van der Waals surface area contributed by atoms with Gasteiger partial charge in [0, 0.05) is 55.8 Å². The molecule has 0 spiro atoms. The van der Waals surface area contributed by atoms with Crippen molar-refractivity contribution in [3.63, 3.8) is 0 Å². The van der Waals surface area contributed by atoms with E-state index in [1.54, 1.807) is 23.9 Å². The lowest BCUT2D eigenvalue weighted by Gasteiger charge is -2.40. The number of hydrogen-bond donors (Lipinski definition) is 0. The molecule has 0 saturated carbocycles. The minimum Gasteiger partial charge on any atom is -0.358 e. The van der Waals surface area contributed by atoms with Crippen LogP contribution in [0.4, 0.5) is 15.8 Å². The van der Waals surface area contributed by atoms with E-state index in [2.05, 4.69) is 9.80 Å². The molecule has 3 aliphatic rings. The molecule has 2 fully saturated rings. The Labute approximate surface area is 209 Å². The monoisotopic (exact) mass is 520 g/mol. The molecule has 35 heavy (non-hydrogen) atoms. The van der Waals surface area contributed by atoms with Gasteiger partial charge in [0.15, 0.2) is 0 Å². The fourth-order valence-corrected chi connectivity index (χ4v) is 7.98. The minimum atomic E-state index is -3.64. The molecule has 2 aromatic rings. The second kappa shape index (κ2) is 10.0. The smallest absolute Gasteiger partial charge is 0.269 e. The summed E-state index contributed by atoms with van der Waals surface area (Å²) in [6, 6.07) is 10.6. The van der Waals surface area contributed by atoms with Crippen LogP contribution in [0, 0.1) is 21.8 Å². The molecule has 0 N–H and O–H groups in total.